The van der Waals surface area contributed by atoms with Crippen LogP contribution in [0.5, 0.6) is 11.5 Å². The predicted octanol–water partition coefficient (Wildman–Crippen LogP) is 7.02. The summed E-state index contributed by atoms with van der Waals surface area (Å²) in [6.45, 7) is 2.12. The lowest BCUT2D eigenvalue weighted by Crippen LogP contribution is -2.48. The van der Waals surface area contributed by atoms with Crippen molar-refractivity contribution in [1.29, 1.82) is 0 Å². The Hall–Kier alpha value is -1.28. The van der Waals surface area contributed by atoms with Gasteiger partial charge in [0.05, 0.1) is 0 Å². The number of rotatable bonds is 3. The molecule has 0 aliphatic heterocycles. The third kappa shape index (κ3) is 2.73. The van der Waals surface area contributed by atoms with E-state index in [2.05, 4.69) is 65.3 Å². The molecule has 0 unspecified atom stereocenters. The minimum Gasteiger partial charge on any atom is -0.457 e. The highest BCUT2D eigenvalue weighted by molar-refractivity contribution is 9.10. The van der Waals surface area contributed by atoms with Gasteiger partial charge in [-0.2, -0.15) is 0 Å². The Balaban J connectivity index is 1.57. The summed E-state index contributed by atoms with van der Waals surface area (Å²) in [6, 6.07) is 15.1. The lowest BCUT2D eigenvalue weighted by Gasteiger charge is -2.57. The molecule has 0 aromatic heterocycles. The topological polar surface area (TPSA) is 9.23 Å². The zero-order valence-corrected chi connectivity index (χ0v) is 16.4. The lowest BCUT2D eigenvalue weighted by molar-refractivity contribution is -0.00599. The van der Waals surface area contributed by atoms with Gasteiger partial charge < -0.3 is 4.74 Å². The van der Waals surface area contributed by atoms with E-state index in [0.717, 1.165) is 33.7 Å². The van der Waals surface area contributed by atoms with Crippen molar-refractivity contribution in [3.8, 4) is 11.5 Å². The van der Waals surface area contributed by atoms with Gasteiger partial charge in [-0.3, -0.25) is 0 Å². The molecule has 4 fully saturated rings. The van der Waals surface area contributed by atoms with Crippen LogP contribution in [0.2, 0.25) is 0 Å². The highest BCUT2D eigenvalue weighted by Gasteiger charge is 2.52. The van der Waals surface area contributed by atoms with Gasteiger partial charge in [-0.1, -0.05) is 40.2 Å². The van der Waals surface area contributed by atoms with Gasteiger partial charge in [-0.05, 0) is 92.4 Å². The van der Waals surface area contributed by atoms with E-state index in [1.54, 1.807) is 0 Å². The SMILES string of the molecule is Cc1ccccc1Oc1cc(Br)ccc1C12CC3CC(CC(C3)C1)C2. The number of para-hydroxylation sites is 1. The monoisotopic (exact) mass is 396 g/mol. The molecular weight excluding hydrogens is 372 g/mol. The molecule has 0 heterocycles. The number of ether oxygens (including phenoxy) is 1. The quantitative estimate of drug-likeness (QED) is 0.541. The van der Waals surface area contributed by atoms with E-state index in [-0.39, 0.29) is 0 Å². The fourth-order valence-electron chi connectivity index (χ4n) is 6.25. The van der Waals surface area contributed by atoms with E-state index in [1.165, 1.54) is 49.7 Å². The largest absolute Gasteiger partial charge is 0.457 e. The second kappa shape index (κ2) is 5.87. The lowest BCUT2D eigenvalue weighted by atomic mass is 9.48. The third-order valence-corrected chi connectivity index (χ3v) is 7.36. The highest BCUT2D eigenvalue weighted by Crippen LogP contribution is 2.62. The van der Waals surface area contributed by atoms with Crippen LogP contribution >= 0.6 is 15.9 Å². The summed E-state index contributed by atoms with van der Waals surface area (Å²) in [4.78, 5) is 0. The number of hydrogen-bond acceptors (Lipinski definition) is 1. The van der Waals surface area contributed by atoms with Crippen molar-refractivity contribution in [1.82, 2.24) is 0 Å². The van der Waals surface area contributed by atoms with Crippen molar-refractivity contribution >= 4 is 15.9 Å². The first-order valence-electron chi connectivity index (χ1n) is 9.65. The highest BCUT2D eigenvalue weighted by atomic mass is 79.9. The van der Waals surface area contributed by atoms with Crippen LogP contribution < -0.4 is 4.74 Å². The van der Waals surface area contributed by atoms with Crippen LogP contribution in [0.4, 0.5) is 0 Å². The number of benzene rings is 2. The van der Waals surface area contributed by atoms with Crippen LogP contribution in [0.1, 0.15) is 49.7 Å². The average Bonchev–Trinajstić information content (AvgIpc) is 2.55. The molecule has 0 atom stereocenters. The van der Waals surface area contributed by atoms with Crippen molar-refractivity contribution in [2.75, 3.05) is 0 Å². The summed E-state index contributed by atoms with van der Waals surface area (Å²) in [5, 5.41) is 0. The molecule has 2 aromatic rings. The summed E-state index contributed by atoms with van der Waals surface area (Å²) in [5.74, 6) is 4.88. The van der Waals surface area contributed by atoms with Gasteiger partial charge in [-0.15, -0.1) is 0 Å². The molecule has 2 heteroatoms. The van der Waals surface area contributed by atoms with E-state index in [9.17, 15) is 0 Å². The molecule has 4 saturated carbocycles. The van der Waals surface area contributed by atoms with Crippen LogP contribution in [-0.4, -0.2) is 0 Å². The Labute approximate surface area is 158 Å². The van der Waals surface area contributed by atoms with Crippen molar-refractivity contribution in [2.24, 2.45) is 17.8 Å². The molecule has 0 saturated heterocycles. The fourth-order valence-corrected chi connectivity index (χ4v) is 6.59. The van der Waals surface area contributed by atoms with Crippen LogP contribution in [0.25, 0.3) is 0 Å². The summed E-state index contributed by atoms with van der Waals surface area (Å²) in [7, 11) is 0. The zero-order valence-electron chi connectivity index (χ0n) is 14.8. The normalized spacial score (nSPS) is 32.8. The summed E-state index contributed by atoms with van der Waals surface area (Å²) >= 11 is 3.66. The second-order valence-electron chi connectivity index (χ2n) is 8.71. The van der Waals surface area contributed by atoms with Crippen molar-refractivity contribution in [3.05, 3.63) is 58.1 Å². The molecule has 4 aliphatic rings. The van der Waals surface area contributed by atoms with E-state index in [4.69, 9.17) is 4.74 Å². The Morgan fingerprint density at radius 1 is 0.880 bits per heavy atom. The fraction of sp³-hybridized carbons (Fsp3) is 0.478. The summed E-state index contributed by atoms with van der Waals surface area (Å²) < 4.78 is 7.58. The molecule has 6 rings (SSSR count). The number of hydrogen-bond donors (Lipinski definition) is 0. The first-order valence-corrected chi connectivity index (χ1v) is 10.4. The standard InChI is InChI=1S/C23H25BrO/c1-15-4-2-3-5-21(15)25-22-11-19(24)6-7-20(22)23-12-16-8-17(13-23)10-18(9-16)14-23/h2-7,11,16-18H,8-10,12-14H2,1H3. The Kier molecular flexibility index (Phi) is 3.74. The van der Waals surface area contributed by atoms with Crippen molar-refractivity contribution < 1.29 is 4.74 Å². The van der Waals surface area contributed by atoms with Gasteiger partial charge in [0.2, 0.25) is 0 Å². The molecule has 4 bridgehead atoms. The van der Waals surface area contributed by atoms with Gasteiger partial charge in [0.15, 0.2) is 0 Å². The number of halogens is 1. The maximum atomic E-state index is 6.48. The molecule has 130 valence electrons. The third-order valence-electron chi connectivity index (χ3n) is 6.87. The Morgan fingerprint density at radius 3 is 2.16 bits per heavy atom. The first kappa shape index (κ1) is 15.9. The number of aryl methyl sites for hydroxylation is 1. The van der Waals surface area contributed by atoms with Crippen LogP contribution in [0.3, 0.4) is 0 Å². The first-order chi connectivity index (χ1) is 12.1. The molecule has 2 aromatic carbocycles. The molecule has 0 radical (unpaired) electrons. The maximum Gasteiger partial charge on any atom is 0.132 e. The van der Waals surface area contributed by atoms with Gasteiger partial charge in [-0.25, -0.2) is 0 Å². The van der Waals surface area contributed by atoms with Gasteiger partial charge in [0.25, 0.3) is 0 Å². The minimum atomic E-state index is 0.355. The smallest absolute Gasteiger partial charge is 0.132 e. The van der Waals surface area contributed by atoms with E-state index in [0.29, 0.717) is 5.41 Å². The van der Waals surface area contributed by atoms with Gasteiger partial charge in [0.1, 0.15) is 11.5 Å². The summed E-state index contributed by atoms with van der Waals surface area (Å²) in [6.07, 6.45) is 8.53. The van der Waals surface area contributed by atoms with Crippen molar-refractivity contribution in [3.63, 3.8) is 0 Å². The average molecular weight is 397 g/mol. The van der Waals surface area contributed by atoms with Crippen LogP contribution in [0, 0.1) is 24.7 Å². The predicted molar refractivity (Wildman–Crippen MR) is 105 cm³/mol. The second-order valence-corrected chi connectivity index (χ2v) is 9.62. The van der Waals surface area contributed by atoms with Crippen LogP contribution in [-0.2, 0) is 5.41 Å². The summed E-state index contributed by atoms with van der Waals surface area (Å²) in [5.41, 5.74) is 3.00. The Bertz CT molecular complexity index is 774. The molecule has 0 spiro atoms. The molecule has 0 N–H and O–H groups in total. The van der Waals surface area contributed by atoms with Gasteiger partial charge >= 0.3 is 0 Å². The molecule has 4 aliphatic carbocycles. The van der Waals surface area contributed by atoms with Gasteiger partial charge in [0, 0.05) is 10.0 Å². The van der Waals surface area contributed by atoms with Crippen molar-refractivity contribution in [2.45, 2.75) is 50.9 Å². The van der Waals surface area contributed by atoms with E-state index < -0.39 is 0 Å². The maximum absolute atomic E-state index is 6.48. The van der Waals surface area contributed by atoms with E-state index >= 15 is 0 Å². The Morgan fingerprint density at radius 2 is 1.52 bits per heavy atom. The van der Waals surface area contributed by atoms with Crippen LogP contribution in [0.15, 0.2) is 46.9 Å². The van der Waals surface area contributed by atoms with E-state index in [1.807, 2.05) is 0 Å². The molecule has 0 amide bonds. The molecule has 25 heavy (non-hydrogen) atoms. The molecular formula is C23H25BrO. The zero-order chi connectivity index (χ0) is 17.0. The minimum absolute atomic E-state index is 0.355. The molecule has 1 nitrogen and oxygen atoms in total.